The second-order valence-electron chi connectivity index (χ2n) is 7.47. The first kappa shape index (κ1) is 21.2. The second-order valence-corrected chi connectivity index (χ2v) is 7.47. The average Bonchev–Trinajstić information content (AvgIpc) is 2.57. The molecule has 140 valence electrons. The number of amides is 2. The minimum Gasteiger partial charge on any atom is -0.354 e. The fourth-order valence-corrected chi connectivity index (χ4v) is 2.56. The molecule has 4 nitrogen and oxygen atoms in total. The maximum absolute atomic E-state index is 12.5. The van der Waals surface area contributed by atoms with Gasteiger partial charge < -0.3 is 10.6 Å². The van der Waals surface area contributed by atoms with E-state index in [1.807, 2.05) is 38.1 Å². The fourth-order valence-electron chi connectivity index (χ4n) is 2.56. The Kier molecular flexibility index (Phi) is 9.25. The van der Waals surface area contributed by atoms with Gasteiger partial charge >= 0.3 is 0 Å². The summed E-state index contributed by atoms with van der Waals surface area (Å²) >= 11 is 0. The number of nitrogens with one attached hydrogen (secondary N) is 2. The first-order valence-electron chi connectivity index (χ1n) is 9.52. The topological polar surface area (TPSA) is 58.2 Å². The van der Waals surface area contributed by atoms with Gasteiger partial charge in [-0.3, -0.25) is 9.59 Å². The van der Waals surface area contributed by atoms with Crippen LogP contribution in [0.2, 0.25) is 0 Å². The highest BCUT2D eigenvalue weighted by molar-refractivity contribution is 5.97. The number of carbonyl (C=O) groups is 2. The Morgan fingerprint density at radius 1 is 1.04 bits per heavy atom. The first-order chi connectivity index (χ1) is 11.8. The fraction of sp³-hybridized carbons (Fsp3) is 0.619. The van der Waals surface area contributed by atoms with E-state index in [2.05, 4.69) is 31.4 Å². The van der Waals surface area contributed by atoms with Gasteiger partial charge in [0.1, 0.15) is 6.04 Å². The number of carbonyl (C=O) groups excluding carboxylic acids is 2. The van der Waals surface area contributed by atoms with Crippen LogP contribution in [0, 0.1) is 11.8 Å². The lowest BCUT2D eigenvalue weighted by molar-refractivity contribution is -0.123. The zero-order valence-corrected chi connectivity index (χ0v) is 16.4. The van der Waals surface area contributed by atoms with Crippen molar-refractivity contribution in [3.63, 3.8) is 0 Å². The van der Waals surface area contributed by atoms with E-state index in [-0.39, 0.29) is 17.7 Å². The standard InChI is InChI=1S/C21H34N2O2/c1-6-7-8-17-9-11-18(12-10-17)20(24)23-19(16(4)5)21(25)22-14-13-15(2)3/h9-12,15-16,19H,6-8,13-14H2,1-5H3,(H,22,25)(H,23,24)/t19-/m1/s1. The molecule has 0 radical (unpaired) electrons. The molecule has 0 saturated heterocycles. The highest BCUT2D eigenvalue weighted by Gasteiger charge is 2.24. The van der Waals surface area contributed by atoms with Crippen molar-refractivity contribution >= 4 is 11.8 Å². The minimum atomic E-state index is -0.514. The van der Waals surface area contributed by atoms with Gasteiger partial charge in [-0.15, -0.1) is 0 Å². The van der Waals surface area contributed by atoms with Crippen LogP contribution >= 0.6 is 0 Å². The molecular formula is C21H34N2O2. The smallest absolute Gasteiger partial charge is 0.251 e. The maximum Gasteiger partial charge on any atom is 0.251 e. The number of aryl methyl sites for hydroxylation is 1. The van der Waals surface area contributed by atoms with Gasteiger partial charge in [0.05, 0.1) is 0 Å². The highest BCUT2D eigenvalue weighted by Crippen LogP contribution is 2.10. The van der Waals surface area contributed by atoms with Gasteiger partial charge in [-0.25, -0.2) is 0 Å². The van der Waals surface area contributed by atoms with Crippen molar-refractivity contribution < 1.29 is 9.59 Å². The number of benzene rings is 1. The van der Waals surface area contributed by atoms with Crippen molar-refractivity contribution in [3.05, 3.63) is 35.4 Å². The summed E-state index contributed by atoms with van der Waals surface area (Å²) in [6.45, 7) is 10.9. The highest BCUT2D eigenvalue weighted by atomic mass is 16.2. The van der Waals surface area contributed by atoms with Crippen LogP contribution in [0.25, 0.3) is 0 Å². The van der Waals surface area contributed by atoms with Crippen molar-refractivity contribution in [1.29, 1.82) is 0 Å². The molecule has 1 atom stereocenters. The van der Waals surface area contributed by atoms with Gasteiger partial charge in [-0.2, -0.15) is 0 Å². The van der Waals surface area contributed by atoms with Crippen LogP contribution in [-0.2, 0) is 11.2 Å². The van der Waals surface area contributed by atoms with E-state index in [1.54, 1.807) is 0 Å². The van der Waals surface area contributed by atoms with Gasteiger partial charge in [-0.1, -0.05) is 53.2 Å². The lowest BCUT2D eigenvalue weighted by Crippen LogP contribution is -2.50. The van der Waals surface area contributed by atoms with Crippen LogP contribution in [0.1, 0.15) is 69.8 Å². The zero-order chi connectivity index (χ0) is 18.8. The Bertz CT molecular complexity index is 535. The van der Waals surface area contributed by atoms with Crippen LogP contribution in [0.4, 0.5) is 0 Å². The minimum absolute atomic E-state index is 0.0341. The Morgan fingerprint density at radius 2 is 1.68 bits per heavy atom. The number of rotatable bonds is 10. The van der Waals surface area contributed by atoms with E-state index < -0.39 is 6.04 Å². The molecule has 0 aromatic heterocycles. The molecule has 1 aromatic rings. The van der Waals surface area contributed by atoms with E-state index in [1.165, 1.54) is 5.56 Å². The molecule has 0 aliphatic carbocycles. The molecule has 2 N–H and O–H groups in total. The van der Waals surface area contributed by atoms with Crippen molar-refractivity contribution in [1.82, 2.24) is 10.6 Å². The quantitative estimate of drug-likeness (QED) is 0.674. The molecule has 0 unspecified atom stereocenters. The van der Waals surface area contributed by atoms with E-state index in [4.69, 9.17) is 0 Å². The van der Waals surface area contributed by atoms with E-state index >= 15 is 0 Å². The lowest BCUT2D eigenvalue weighted by Gasteiger charge is -2.22. The lowest BCUT2D eigenvalue weighted by atomic mass is 10.0. The summed E-state index contributed by atoms with van der Waals surface area (Å²) in [4.78, 5) is 24.9. The summed E-state index contributed by atoms with van der Waals surface area (Å²) in [6, 6.07) is 7.16. The third-order valence-electron chi connectivity index (χ3n) is 4.29. The van der Waals surface area contributed by atoms with Gasteiger partial charge in [0.25, 0.3) is 5.91 Å². The van der Waals surface area contributed by atoms with Crippen LogP contribution in [0.15, 0.2) is 24.3 Å². The number of hydrogen-bond donors (Lipinski definition) is 2. The molecule has 0 aliphatic rings. The predicted molar refractivity (Wildman–Crippen MR) is 104 cm³/mol. The van der Waals surface area contributed by atoms with Gasteiger partial charge in [-0.05, 0) is 48.8 Å². The monoisotopic (exact) mass is 346 g/mol. The number of unbranched alkanes of at least 4 members (excludes halogenated alkanes) is 1. The Balaban J connectivity index is 2.64. The van der Waals surface area contributed by atoms with E-state index in [0.29, 0.717) is 18.0 Å². The SMILES string of the molecule is CCCCc1ccc(C(=O)N[C@@H](C(=O)NCCC(C)C)C(C)C)cc1. The van der Waals surface area contributed by atoms with Gasteiger partial charge in [0, 0.05) is 12.1 Å². The summed E-state index contributed by atoms with van der Waals surface area (Å²) in [7, 11) is 0. The number of hydrogen-bond acceptors (Lipinski definition) is 2. The van der Waals surface area contributed by atoms with Crippen LogP contribution < -0.4 is 10.6 Å². The molecule has 0 aliphatic heterocycles. The average molecular weight is 347 g/mol. The molecule has 0 saturated carbocycles. The summed E-state index contributed by atoms with van der Waals surface area (Å²) < 4.78 is 0. The molecule has 1 rings (SSSR count). The van der Waals surface area contributed by atoms with Crippen molar-refractivity contribution in [3.8, 4) is 0 Å². The normalized spacial score (nSPS) is 12.3. The summed E-state index contributed by atoms with van der Waals surface area (Å²) in [5, 5.41) is 5.81. The predicted octanol–water partition coefficient (Wildman–Crippen LogP) is 3.95. The summed E-state index contributed by atoms with van der Waals surface area (Å²) in [6.07, 6.45) is 4.27. The molecule has 25 heavy (non-hydrogen) atoms. The van der Waals surface area contributed by atoms with Crippen LogP contribution in [0.3, 0.4) is 0 Å². The Hall–Kier alpha value is -1.84. The molecule has 0 heterocycles. The molecule has 1 aromatic carbocycles. The van der Waals surface area contributed by atoms with Crippen LogP contribution in [0.5, 0.6) is 0 Å². The Morgan fingerprint density at radius 3 is 2.20 bits per heavy atom. The Labute approximate surface area is 152 Å². The molecule has 0 spiro atoms. The summed E-state index contributed by atoms with van der Waals surface area (Å²) in [5.41, 5.74) is 1.84. The van der Waals surface area contributed by atoms with Crippen LogP contribution in [-0.4, -0.2) is 24.4 Å². The maximum atomic E-state index is 12.5. The third kappa shape index (κ3) is 7.72. The summed E-state index contributed by atoms with van der Waals surface area (Å²) in [5.74, 6) is 0.272. The zero-order valence-electron chi connectivity index (χ0n) is 16.4. The third-order valence-corrected chi connectivity index (χ3v) is 4.29. The molecule has 4 heteroatoms. The first-order valence-corrected chi connectivity index (χ1v) is 9.52. The van der Waals surface area contributed by atoms with E-state index in [0.717, 1.165) is 25.7 Å². The van der Waals surface area contributed by atoms with E-state index in [9.17, 15) is 9.59 Å². The molecular weight excluding hydrogens is 312 g/mol. The molecule has 2 amide bonds. The van der Waals surface area contributed by atoms with Crippen molar-refractivity contribution in [2.24, 2.45) is 11.8 Å². The molecule has 0 bridgehead atoms. The largest absolute Gasteiger partial charge is 0.354 e. The molecule has 0 fully saturated rings. The van der Waals surface area contributed by atoms with Gasteiger partial charge in [0.15, 0.2) is 0 Å². The van der Waals surface area contributed by atoms with Crippen molar-refractivity contribution in [2.75, 3.05) is 6.54 Å². The second kappa shape index (κ2) is 10.9. The van der Waals surface area contributed by atoms with Crippen molar-refractivity contribution in [2.45, 2.75) is 66.3 Å². The van der Waals surface area contributed by atoms with Gasteiger partial charge in [0.2, 0.25) is 5.91 Å².